The van der Waals surface area contributed by atoms with Crippen LogP contribution in [0.5, 0.6) is 0 Å². The van der Waals surface area contributed by atoms with E-state index in [2.05, 4.69) is 0 Å². The van der Waals surface area contributed by atoms with Crippen LogP contribution in [0.25, 0.3) is 0 Å². The van der Waals surface area contributed by atoms with Crippen molar-refractivity contribution in [1.82, 2.24) is 9.80 Å². The van der Waals surface area contributed by atoms with Crippen LogP contribution in [0, 0.1) is 0 Å². The van der Waals surface area contributed by atoms with Gasteiger partial charge in [0.15, 0.2) is 0 Å². The fraction of sp³-hybridized carbons (Fsp3) is 0.800. The zero-order valence-electron chi connectivity index (χ0n) is 8.86. The summed E-state index contributed by atoms with van der Waals surface area (Å²) < 4.78 is 0. The smallest absolute Gasteiger partial charge is 0.310 e. The molecule has 1 aliphatic heterocycles. The molecule has 0 aromatic rings. The molecule has 78 valence electrons. The Balaban J connectivity index is 2.23. The van der Waals surface area contributed by atoms with E-state index in [0.29, 0.717) is 0 Å². The summed E-state index contributed by atoms with van der Waals surface area (Å²) in [6.07, 6.45) is 1.96. The molecular formula is C10H16N2O2. The largest absolute Gasteiger partial charge is 0.327 e. The number of amides is 3. The van der Waals surface area contributed by atoms with Crippen molar-refractivity contribution in [2.75, 3.05) is 0 Å². The lowest BCUT2D eigenvalue weighted by molar-refractivity contribution is -0.128. The van der Waals surface area contributed by atoms with Gasteiger partial charge in [-0.25, -0.2) is 4.79 Å². The molecule has 1 aliphatic carbocycles. The van der Waals surface area contributed by atoms with Crippen molar-refractivity contribution < 1.29 is 9.59 Å². The highest BCUT2D eigenvalue weighted by Gasteiger charge is 2.49. The Bertz CT molecular complexity index is 284. The third kappa shape index (κ3) is 1.21. The zero-order chi connectivity index (χ0) is 10.5. The van der Waals surface area contributed by atoms with Crippen molar-refractivity contribution >= 4 is 11.9 Å². The summed E-state index contributed by atoms with van der Waals surface area (Å²) in [5.74, 6) is -0.0220. The van der Waals surface area contributed by atoms with Crippen molar-refractivity contribution in [2.24, 2.45) is 0 Å². The molecule has 1 saturated carbocycles. The van der Waals surface area contributed by atoms with Crippen LogP contribution in [0.4, 0.5) is 4.79 Å². The van der Waals surface area contributed by atoms with Crippen LogP contribution in [0.15, 0.2) is 0 Å². The van der Waals surface area contributed by atoms with Crippen LogP contribution in [0.1, 0.15) is 33.6 Å². The monoisotopic (exact) mass is 196 g/mol. The minimum Gasteiger partial charge on any atom is -0.310 e. The van der Waals surface area contributed by atoms with Crippen LogP contribution < -0.4 is 0 Å². The van der Waals surface area contributed by atoms with E-state index in [1.54, 1.807) is 4.90 Å². The molecule has 2 rings (SSSR count). The Hall–Kier alpha value is -1.06. The van der Waals surface area contributed by atoms with Crippen LogP contribution in [0.2, 0.25) is 0 Å². The predicted molar refractivity (Wildman–Crippen MR) is 51.7 cm³/mol. The summed E-state index contributed by atoms with van der Waals surface area (Å²) in [5.41, 5.74) is 0. The number of carbonyl (C=O) groups is 2. The number of urea groups is 1. The van der Waals surface area contributed by atoms with Gasteiger partial charge in [0.2, 0.25) is 0 Å². The van der Waals surface area contributed by atoms with Gasteiger partial charge in [0.1, 0.15) is 6.04 Å². The maximum absolute atomic E-state index is 11.9. The molecule has 0 aromatic heterocycles. The summed E-state index contributed by atoms with van der Waals surface area (Å²) in [6.45, 7) is 5.69. The van der Waals surface area contributed by atoms with Crippen LogP contribution in [-0.2, 0) is 4.79 Å². The summed E-state index contributed by atoms with van der Waals surface area (Å²) in [7, 11) is 0. The number of hydrogen-bond acceptors (Lipinski definition) is 2. The first-order valence-electron chi connectivity index (χ1n) is 5.19. The summed E-state index contributed by atoms with van der Waals surface area (Å²) in [6, 6.07) is -0.0745. The molecule has 4 heteroatoms. The van der Waals surface area contributed by atoms with E-state index in [4.69, 9.17) is 0 Å². The van der Waals surface area contributed by atoms with E-state index < -0.39 is 0 Å². The van der Waals surface area contributed by atoms with Gasteiger partial charge >= 0.3 is 6.03 Å². The van der Waals surface area contributed by atoms with Gasteiger partial charge in [-0.1, -0.05) is 0 Å². The molecule has 0 aromatic carbocycles. The van der Waals surface area contributed by atoms with Gasteiger partial charge in [0.05, 0.1) is 0 Å². The second-order valence-electron chi connectivity index (χ2n) is 4.40. The van der Waals surface area contributed by atoms with Crippen LogP contribution in [0.3, 0.4) is 0 Å². The average Bonchev–Trinajstić information content (AvgIpc) is 2.84. The van der Waals surface area contributed by atoms with E-state index in [9.17, 15) is 9.59 Å². The van der Waals surface area contributed by atoms with Gasteiger partial charge in [-0.15, -0.1) is 0 Å². The first-order chi connectivity index (χ1) is 6.54. The molecule has 0 spiro atoms. The highest BCUT2D eigenvalue weighted by atomic mass is 16.2. The fourth-order valence-corrected chi connectivity index (χ4v) is 2.04. The van der Waals surface area contributed by atoms with E-state index in [-0.39, 0.29) is 30.1 Å². The van der Waals surface area contributed by atoms with Gasteiger partial charge in [0, 0.05) is 12.1 Å². The molecule has 1 saturated heterocycles. The number of rotatable bonds is 2. The molecular weight excluding hydrogens is 180 g/mol. The lowest BCUT2D eigenvalue weighted by atomic mass is 10.2. The van der Waals surface area contributed by atoms with Gasteiger partial charge in [-0.2, -0.15) is 0 Å². The maximum atomic E-state index is 11.9. The number of carbonyl (C=O) groups excluding carboxylic acids is 2. The minimum absolute atomic E-state index is 0.0220. The summed E-state index contributed by atoms with van der Waals surface area (Å²) in [4.78, 5) is 26.8. The molecule has 1 heterocycles. The summed E-state index contributed by atoms with van der Waals surface area (Å²) in [5, 5.41) is 0. The molecule has 2 aliphatic rings. The molecule has 3 amide bonds. The SMILES string of the molecule is CC(C)N1C(=O)N(C2CC2)C(=O)C1C. The second kappa shape index (κ2) is 2.97. The first-order valence-corrected chi connectivity index (χ1v) is 5.19. The zero-order valence-corrected chi connectivity index (χ0v) is 8.86. The lowest BCUT2D eigenvalue weighted by Crippen LogP contribution is -2.39. The van der Waals surface area contributed by atoms with Crippen molar-refractivity contribution in [3.63, 3.8) is 0 Å². The Morgan fingerprint density at radius 1 is 1.29 bits per heavy atom. The Labute approximate surface area is 83.9 Å². The third-order valence-corrected chi connectivity index (χ3v) is 2.91. The quantitative estimate of drug-likeness (QED) is 0.623. The molecule has 0 radical (unpaired) electrons. The average molecular weight is 196 g/mol. The minimum atomic E-state index is -0.275. The van der Waals surface area contributed by atoms with Crippen LogP contribution in [-0.4, -0.2) is 39.9 Å². The van der Waals surface area contributed by atoms with Crippen molar-refractivity contribution in [2.45, 2.75) is 51.7 Å². The Morgan fingerprint density at radius 3 is 2.21 bits per heavy atom. The van der Waals surface area contributed by atoms with Crippen molar-refractivity contribution in [3.8, 4) is 0 Å². The molecule has 0 N–H and O–H groups in total. The predicted octanol–water partition coefficient (Wildman–Crippen LogP) is 1.21. The molecule has 2 fully saturated rings. The Kier molecular flexibility index (Phi) is 2.01. The van der Waals surface area contributed by atoms with Crippen LogP contribution >= 0.6 is 0 Å². The van der Waals surface area contributed by atoms with E-state index >= 15 is 0 Å². The van der Waals surface area contributed by atoms with Gasteiger partial charge in [0.25, 0.3) is 5.91 Å². The van der Waals surface area contributed by atoms with Crippen molar-refractivity contribution in [1.29, 1.82) is 0 Å². The number of imide groups is 1. The number of nitrogens with zero attached hydrogens (tertiary/aromatic N) is 2. The van der Waals surface area contributed by atoms with Crippen molar-refractivity contribution in [3.05, 3.63) is 0 Å². The first kappa shape index (κ1) is 9.49. The molecule has 1 atom stereocenters. The molecule has 14 heavy (non-hydrogen) atoms. The van der Waals surface area contributed by atoms with Gasteiger partial charge in [-0.05, 0) is 33.6 Å². The maximum Gasteiger partial charge on any atom is 0.327 e. The highest BCUT2D eigenvalue weighted by molar-refractivity contribution is 6.04. The van der Waals surface area contributed by atoms with E-state index in [1.807, 2.05) is 20.8 Å². The highest BCUT2D eigenvalue weighted by Crippen LogP contribution is 2.33. The standard InChI is InChI=1S/C10H16N2O2/c1-6(2)11-7(3)9(13)12(10(11)14)8-4-5-8/h6-8H,4-5H2,1-3H3. The topological polar surface area (TPSA) is 40.6 Å². The van der Waals surface area contributed by atoms with Gasteiger partial charge in [-0.3, -0.25) is 9.69 Å². The molecule has 0 bridgehead atoms. The normalized spacial score (nSPS) is 28.1. The van der Waals surface area contributed by atoms with E-state index in [0.717, 1.165) is 12.8 Å². The van der Waals surface area contributed by atoms with Gasteiger partial charge < -0.3 is 4.90 Å². The molecule has 4 nitrogen and oxygen atoms in total. The Morgan fingerprint density at radius 2 is 1.86 bits per heavy atom. The molecule has 1 unspecified atom stereocenters. The second-order valence-corrected chi connectivity index (χ2v) is 4.40. The number of hydrogen-bond donors (Lipinski definition) is 0. The third-order valence-electron chi connectivity index (χ3n) is 2.91. The lowest BCUT2D eigenvalue weighted by Gasteiger charge is -2.23. The fourth-order valence-electron chi connectivity index (χ4n) is 2.04. The summed E-state index contributed by atoms with van der Waals surface area (Å²) >= 11 is 0. The van der Waals surface area contributed by atoms with E-state index in [1.165, 1.54) is 4.90 Å².